The number of rotatable bonds is 3. The highest BCUT2D eigenvalue weighted by Crippen LogP contribution is 2.33. The number of amides is 1. The standard InChI is InChI=1S/C15H12Cl2N2OS/c16-10-2-1-9(12(17)5-10)7-18-11-3-4-14-13(6-11)19-15(20)8-21-14/h1-6,18H,7-8H2,(H,19,20). The molecule has 0 aliphatic carbocycles. The van der Waals surface area contributed by atoms with Crippen LogP contribution in [0.4, 0.5) is 11.4 Å². The molecule has 1 heterocycles. The highest BCUT2D eigenvalue weighted by molar-refractivity contribution is 8.00. The van der Waals surface area contributed by atoms with Crippen molar-refractivity contribution >= 4 is 52.2 Å². The van der Waals surface area contributed by atoms with Gasteiger partial charge in [-0.1, -0.05) is 29.3 Å². The number of halogens is 2. The van der Waals surface area contributed by atoms with E-state index in [0.717, 1.165) is 21.8 Å². The molecular formula is C15H12Cl2N2OS. The molecule has 0 aromatic heterocycles. The van der Waals surface area contributed by atoms with E-state index >= 15 is 0 Å². The number of carbonyl (C=O) groups excluding carboxylic acids is 1. The molecule has 0 atom stereocenters. The van der Waals surface area contributed by atoms with Gasteiger partial charge in [0.25, 0.3) is 0 Å². The predicted octanol–water partition coefficient (Wildman–Crippen LogP) is 4.65. The van der Waals surface area contributed by atoms with Crippen molar-refractivity contribution in [1.82, 2.24) is 0 Å². The lowest BCUT2D eigenvalue weighted by Gasteiger charge is -2.17. The average Bonchev–Trinajstić information content (AvgIpc) is 2.46. The van der Waals surface area contributed by atoms with E-state index in [4.69, 9.17) is 23.2 Å². The lowest BCUT2D eigenvalue weighted by Crippen LogP contribution is -2.18. The zero-order valence-corrected chi connectivity index (χ0v) is 13.3. The highest BCUT2D eigenvalue weighted by Gasteiger charge is 2.15. The number of anilines is 2. The van der Waals surface area contributed by atoms with Crippen LogP contribution in [0.25, 0.3) is 0 Å². The van der Waals surface area contributed by atoms with E-state index in [0.29, 0.717) is 22.3 Å². The summed E-state index contributed by atoms with van der Waals surface area (Å²) in [7, 11) is 0. The molecule has 3 rings (SSSR count). The quantitative estimate of drug-likeness (QED) is 0.855. The lowest BCUT2D eigenvalue weighted by molar-refractivity contribution is -0.113. The van der Waals surface area contributed by atoms with Crippen LogP contribution in [-0.2, 0) is 11.3 Å². The van der Waals surface area contributed by atoms with E-state index in [9.17, 15) is 4.79 Å². The van der Waals surface area contributed by atoms with Crippen LogP contribution in [0, 0.1) is 0 Å². The second-order valence-electron chi connectivity index (χ2n) is 4.64. The van der Waals surface area contributed by atoms with Crippen LogP contribution >= 0.6 is 35.0 Å². The summed E-state index contributed by atoms with van der Waals surface area (Å²) in [6.45, 7) is 0.593. The minimum atomic E-state index is 0.0328. The zero-order chi connectivity index (χ0) is 14.8. The maximum Gasteiger partial charge on any atom is 0.234 e. The van der Waals surface area contributed by atoms with Crippen LogP contribution in [0.3, 0.4) is 0 Å². The third-order valence-corrected chi connectivity index (χ3v) is 4.77. The molecule has 2 aromatic carbocycles. The molecule has 0 saturated carbocycles. The fourth-order valence-corrected chi connectivity index (χ4v) is 3.32. The Morgan fingerprint density at radius 3 is 2.86 bits per heavy atom. The zero-order valence-electron chi connectivity index (χ0n) is 11.0. The molecule has 0 unspecified atom stereocenters. The maximum atomic E-state index is 11.4. The number of hydrogen-bond donors (Lipinski definition) is 2. The van der Waals surface area contributed by atoms with Gasteiger partial charge in [0, 0.05) is 27.2 Å². The topological polar surface area (TPSA) is 41.1 Å². The van der Waals surface area contributed by atoms with Crippen molar-refractivity contribution in [3.05, 3.63) is 52.0 Å². The number of fused-ring (bicyclic) bond motifs is 1. The Balaban J connectivity index is 1.73. The molecule has 1 amide bonds. The Hall–Kier alpha value is -1.36. The number of nitrogens with one attached hydrogen (secondary N) is 2. The van der Waals surface area contributed by atoms with Gasteiger partial charge in [-0.05, 0) is 35.9 Å². The van der Waals surface area contributed by atoms with Gasteiger partial charge in [-0.2, -0.15) is 0 Å². The third-order valence-electron chi connectivity index (χ3n) is 3.11. The van der Waals surface area contributed by atoms with Crippen LogP contribution in [-0.4, -0.2) is 11.7 Å². The van der Waals surface area contributed by atoms with Gasteiger partial charge in [0.15, 0.2) is 0 Å². The van der Waals surface area contributed by atoms with Crippen LogP contribution in [0.1, 0.15) is 5.56 Å². The van der Waals surface area contributed by atoms with E-state index in [1.54, 1.807) is 17.8 Å². The summed E-state index contributed by atoms with van der Waals surface area (Å²) in [5.41, 5.74) is 2.75. The molecule has 0 spiro atoms. The van der Waals surface area contributed by atoms with E-state index in [1.165, 1.54) is 0 Å². The Morgan fingerprint density at radius 1 is 1.19 bits per heavy atom. The Bertz CT molecular complexity index is 706. The monoisotopic (exact) mass is 338 g/mol. The van der Waals surface area contributed by atoms with Gasteiger partial charge in [0.1, 0.15) is 0 Å². The van der Waals surface area contributed by atoms with E-state index < -0.39 is 0 Å². The van der Waals surface area contributed by atoms with Crippen molar-refractivity contribution in [2.75, 3.05) is 16.4 Å². The molecule has 2 aromatic rings. The summed E-state index contributed by atoms with van der Waals surface area (Å²) in [5, 5.41) is 7.43. The van der Waals surface area contributed by atoms with E-state index in [2.05, 4.69) is 10.6 Å². The Morgan fingerprint density at radius 2 is 2.05 bits per heavy atom. The molecule has 108 valence electrons. The smallest absolute Gasteiger partial charge is 0.234 e. The normalized spacial score (nSPS) is 13.5. The molecule has 1 aliphatic rings. The predicted molar refractivity (Wildman–Crippen MR) is 89.6 cm³/mol. The highest BCUT2D eigenvalue weighted by atomic mass is 35.5. The first kappa shape index (κ1) is 14.6. The molecule has 6 heteroatoms. The molecule has 0 saturated heterocycles. The van der Waals surface area contributed by atoms with Gasteiger partial charge in [0.05, 0.1) is 11.4 Å². The molecule has 0 bridgehead atoms. The van der Waals surface area contributed by atoms with Crippen molar-refractivity contribution in [2.45, 2.75) is 11.4 Å². The lowest BCUT2D eigenvalue weighted by atomic mass is 10.2. The summed E-state index contributed by atoms with van der Waals surface area (Å²) < 4.78 is 0. The largest absolute Gasteiger partial charge is 0.381 e. The molecule has 0 radical (unpaired) electrons. The fraction of sp³-hybridized carbons (Fsp3) is 0.133. The SMILES string of the molecule is O=C1CSc2ccc(NCc3ccc(Cl)cc3Cl)cc2N1. The van der Waals surface area contributed by atoms with Crippen molar-refractivity contribution in [3.8, 4) is 0 Å². The summed E-state index contributed by atoms with van der Waals surface area (Å²) in [4.78, 5) is 12.5. The second kappa shape index (κ2) is 6.18. The van der Waals surface area contributed by atoms with Gasteiger partial charge >= 0.3 is 0 Å². The summed E-state index contributed by atoms with van der Waals surface area (Å²) in [5.74, 6) is 0.505. The summed E-state index contributed by atoms with van der Waals surface area (Å²) >= 11 is 13.6. The van der Waals surface area contributed by atoms with Gasteiger partial charge < -0.3 is 10.6 Å². The Labute approximate surface area is 137 Å². The van der Waals surface area contributed by atoms with Crippen LogP contribution in [0.15, 0.2) is 41.3 Å². The van der Waals surface area contributed by atoms with Crippen molar-refractivity contribution in [1.29, 1.82) is 0 Å². The molecule has 3 nitrogen and oxygen atoms in total. The third kappa shape index (κ3) is 3.46. The second-order valence-corrected chi connectivity index (χ2v) is 6.50. The van der Waals surface area contributed by atoms with Crippen LogP contribution < -0.4 is 10.6 Å². The van der Waals surface area contributed by atoms with E-state index in [1.807, 2.05) is 30.3 Å². The van der Waals surface area contributed by atoms with Gasteiger partial charge in [0.2, 0.25) is 5.91 Å². The summed E-state index contributed by atoms with van der Waals surface area (Å²) in [6.07, 6.45) is 0. The summed E-state index contributed by atoms with van der Waals surface area (Å²) in [6, 6.07) is 11.4. The number of carbonyl (C=O) groups is 1. The van der Waals surface area contributed by atoms with Crippen molar-refractivity contribution in [3.63, 3.8) is 0 Å². The first-order valence-corrected chi connectivity index (χ1v) is 8.10. The van der Waals surface area contributed by atoms with Crippen molar-refractivity contribution < 1.29 is 4.79 Å². The van der Waals surface area contributed by atoms with Gasteiger partial charge in [-0.15, -0.1) is 11.8 Å². The minimum Gasteiger partial charge on any atom is -0.381 e. The molecule has 2 N–H and O–H groups in total. The number of benzene rings is 2. The molecular weight excluding hydrogens is 327 g/mol. The molecule has 1 aliphatic heterocycles. The first-order valence-electron chi connectivity index (χ1n) is 6.36. The van der Waals surface area contributed by atoms with Gasteiger partial charge in [-0.25, -0.2) is 0 Å². The number of thioether (sulfide) groups is 1. The molecule has 21 heavy (non-hydrogen) atoms. The van der Waals surface area contributed by atoms with Gasteiger partial charge in [-0.3, -0.25) is 4.79 Å². The van der Waals surface area contributed by atoms with E-state index in [-0.39, 0.29) is 5.91 Å². The Kier molecular flexibility index (Phi) is 4.29. The first-order chi connectivity index (χ1) is 10.1. The maximum absolute atomic E-state index is 11.4. The van der Waals surface area contributed by atoms with Crippen LogP contribution in [0.5, 0.6) is 0 Å². The van der Waals surface area contributed by atoms with Crippen molar-refractivity contribution in [2.24, 2.45) is 0 Å². The molecule has 0 fully saturated rings. The fourth-order valence-electron chi connectivity index (χ4n) is 2.06. The average molecular weight is 339 g/mol. The minimum absolute atomic E-state index is 0.0328. The number of hydrogen-bond acceptors (Lipinski definition) is 3. The van der Waals surface area contributed by atoms with Crippen LogP contribution in [0.2, 0.25) is 10.0 Å².